The van der Waals surface area contributed by atoms with E-state index in [9.17, 15) is 9.59 Å². The highest BCUT2D eigenvalue weighted by atomic mass is 79.9. The Hall–Kier alpha value is -2.78. The van der Waals surface area contributed by atoms with Gasteiger partial charge in [-0.05, 0) is 89.6 Å². The minimum atomic E-state index is -1.00. The van der Waals surface area contributed by atoms with E-state index in [1.807, 2.05) is 26.0 Å². The van der Waals surface area contributed by atoms with E-state index in [1.54, 1.807) is 25.3 Å². The highest BCUT2D eigenvalue weighted by Crippen LogP contribution is 2.39. The lowest BCUT2D eigenvalue weighted by molar-refractivity contribution is -0.121. The molecular weight excluding hydrogens is 484 g/mol. The van der Waals surface area contributed by atoms with Crippen LogP contribution in [0.2, 0.25) is 0 Å². The van der Waals surface area contributed by atoms with Crippen molar-refractivity contribution in [2.75, 3.05) is 20.3 Å². The van der Waals surface area contributed by atoms with Gasteiger partial charge in [-0.3, -0.25) is 9.69 Å². The van der Waals surface area contributed by atoms with Crippen molar-refractivity contribution < 1.29 is 24.2 Å². The molecule has 0 aromatic heterocycles. The molecule has 31 heavy (non-hydrogen) atoms. The summed E-state index contributed by atoms with van der Waals surface area (Å²) in [5.41, 5.74) is 1.53. The summed E-state index contributed by atoms with van der Waals surface area (Å²) in [4.78, 5) is 30.2. The summed E-state index contributed by atoms with van der Waals surface area (Å²) >= 11 is 4.77. The lowest BCUT2D eigenvalue weighted by Gasteiger charge is -2.13. The summed E-state index contributed by atoms with van der Waals surface area (Å²) in [6.45, 7) is 4.79. The largest absolute Gasteiger partial charge is 0.490 e. The van der Waals surface area contributed by atoms with Crippen LogP contribution in [-0.2, 0) is 4.79 Å². The Kier molecular flexibility index (Phi) is 7.40. The van der Waals surface area contributed by atoms with Crippen molar-refractivity contribution in [3.63, 3.8) is 0 Å². The van der Waals surface area contributed by atoms with E-state index in [2.05, 4.69) is 20.9 Å². The molecule has 2 aromatic carbocycles. The maximum absolute atomic E-state index is 12.7. The fourth-order valence-electron chi connectivity index (χ4n) is 2.81. The van der Waals surface area contributed by atoms with E-state index in [0.717, 1.165) is 10.0 Å². The number of nitrogens with zero attached hydrogens (tertiary/aromatic N) is 2. The number of ether oxygens (including phenoxy) is 2. The first-order valence-corrected chi connectivity index (χ1v) is 11.1. The van der Waals surface area contributed by atoms with Crippen molar-refractivity contribution >= 4 is 56.5 Å². The first kappa shape index (κ1) is 22.9. The van der Waals surface area contributed by atoms with Crippen molar-refractivity contribution in [2.45, 2.75) is 13.8 Å². The number of aliphatic imine (C=N–C) groups is 1. The molecule has 1 heterocycles. The minimum absolute atomic E-state index is 0.172. The lowest BCUT2D eigenvalue weighted by atomic mass is 10.2. The van der Waals surface area contributed by atoms with Gasteiger partial charge < -0.3 is 14.6 Å². The van der Waals surface area contributed by atoms with Crippen molar-refractivity contribution in [2.24, 2.45) is 4.99 Å². The molecule has 9 heteroatoms. The normalized spacial score (nSPS) is 16.3. The average Bonchev–Trinajstić information content (AvgIpc) is 2.99. The van der Waals surface area contributed by atoms with Gasteiger partial charge in [0.25, 0.3) is 5.91 Å². The predicted molar refractivity (Wildman–Crippen MR) is 125 cm³/mol. The molecule has 162 valence electrons. The number of amidine groups is 1. The number of thioether (sulfide) groups is 1. The highest BCUT2D eigenvalue weighted by Gasteiger charge is 2.30. The summed E-state index contributed by atoms with van der Waals surface area (Å²) in [7, 11) is 1.65. The number of hydrogen-bond donors (Lipinski definition) is 1. The van der Waals surface area contributed by atoms with Gasteiger partial charge in [0.15, 0.2) is 16.7 Å². The number of likely N-dealkylation sites (N-methyl/N-ethyl adjacent to an activating group) is 1. The number of benzene rings is 2. The van der Waals surface area contributed by atoms with Crippen LogP contribution < -0.4 is 9.47 Å². The number of halogens is 1. The van der Waals surface area contributed by atoms with Crippen LogP contribution in [0.5, 0.6) is 11.5 Å². The van der Waals surface area contributed by atoms with Gasteiger partial charge in [0.05, 0.1) is 33.8 Å². The monoisotopic (exact) mass is 504 g/mol. The SMILES string of the molecule is CCOc1cc(/C=C2\SC(=Nc3ccc(C(=O)O)cc3)N(C)C2=O)cc(Br)c1OCC. The lowest BCUT2D eigenvalue weighted by Crippen LogP contribution is -2.23. The molecular formula is C22H21BrN2O5S. The molecule has 0 unspecified atom stereocenters. The summed E-state index contributed by atoms with van der Waals surface area (Å²) in [5, 5.41) is 9.52. The van der Waals surface area contributed by atoms with Crippen molar-refractivity contribution in [1.82, 2.24) is 4.90 Å². The molecule has 0 radical (unpaired) electrons. The Balaban J connectivity index is 1.90. The highest BCUT2D eigenvalue weighted by molar-refractivity contribution is 9.10. The van der Waals surface area contributed by atoms with Gasteiger partial charge in [0.1, 0.15) is 0 Å². The Morgan fingerprint density at radius 3 is 2.48 bits per heavy atom. The number of hydrogen-bond acceptors (Lipinski definition) is 6. The summed E-state index contributed by atoms with van der Waals surface area (Å²) in [5.74, 6) is 0.0524. The van der Waals surface area contributed by atoms with Crippen LogP contribution in [0.1, 0.15) is 29.8 Å². The third-order valence-corrected chi connectivity index (χ3v) is 5.91. The summed E-state index contributed by atoms with van der Waals surface area (Å²) in [6, 6.07) is 9.87. The fraction of sp³-hybridized carbons (Fsp3) is 0.227. The van der Waals surface area contributed by atoms with E-state index in [1.165, 1.54) is 28.8 Å². The van der Waals surface area contributed by atoms with Gasteiger partial charge in [-0.25, -0.2) is 9.79 Å². The van der Waals surface area contributed by atoms with Crippen molar-refractivity contribution in [3.05, 3.63) is 56.9 Å². The second-order valence-electron chi connectivity index (χ2n) is 6.42. The van der Waals surface area contributed by atoms with E-state index < -0.39 is 5.97 Å². The topological polar surface area (TPSA) is 88.4 Å². The molecule has 2 aromatic rings. The van der Waals surface area contributed by atoms with Crippen LogP contribution in [0, 0.1) is 0 Å². The second-order valence-corrected chi connectivity index (χ2v) is 8.28. The summed E-state index contributed by atoms with van der Waals surface area (Å²) < 4.78 is 12.1. The van der Waals surface area contributed by atoms with Crippen LogP contribution >= 0.6 is 27.7 Å². The first-order chi connectivity index (χ1) is 14.8. The number of rotatable bonds is 7. The zero-order chi connectivity index (χ0) is 22.5. The fourth-order valence-corrected chi connectivity index (χ4v) is 4.37. The third kappa shape index (κ3) is 5.29. The molecule has 3 rings (SSSR count). The zero-order valence-electron chi connectivity index (χ0n) is 17.2. The van der Waals surface area contributed by atoms with Gasteiger partial charge in [-0.2, -0.15) is 0 Å². The molecule has 0 bridgehead atoms. The smallest absolute Gasteiger partial charge is 0.335 e. The standard InChI is InChI=1S/C22H21BrN2O5S/c1-4-29-17-11-13(10-16(23)19(17)30-5-2)12-18-20(26)25(3)22(31-18)24-15-8-6-14(7-9-15)21(27)28/h6-12H,4-5H2,1-3H3,(H,27,28)/b18-12-,24-22?. The number of carbonyl (C=O) groups is 2. The number of carboxylic acid groups (broad SMARTS) is 1. The van der Waals surface area contributed by atoms with Gasteiger partial charge in [-0.15, -0.1) is 0 Å². The van der Waals surface area contributed by atoms with Crippen LogP contribution in [0.15, 0.2) is 50.8 Å². The van der Waals surface area contributed by atoms with Crippen LogP contribution in [-0.4, -0.2) is 47.3 Å². The number of carboxylic acids is 1. The van der Waals surface area contributed by atoms with Gasteiger partial charge in [0, 0.05) is 7.05 Å². The molecule has 0 saturated carbocycles. The summed E-state index contributed by atoms with van der Waals surface area (Å²) in [6.07, 6.45) is 1.78. The molecule has 0 atom stereocenters. The van der Waals surface area contributed by atoms with E-state index in [0.29, 0.717) is 40.5 Å². The van der Waals surface area contributed by atoms with Crippen LogP contribution in [0.25, 0.3) is 6.08 Å². The molecule has 7 nitrogen and oxygen atoms in total. The molecule has 1 aliphatic heterocycles. The Morgan fingerprint density at radius 1 is 1.19 bits per heavy atom. The minimum Gasteiger partial charge on any atom is -0.490 e. The molecule has 1 aliphatic rings. The molecule has 1 saturated heterocycles. The van der Waals surface area contributed by atoms with Gasteiger partial charge in [0.2, 0.25) is 0 Å². The van der Waals surface area contributed by atoms with Gasteiger partial charge >= 0.3 is 5.97 Å². The van der Waals surface area contributed by atoms with E-state index >= 15 is 0 Å². The molecule has 1 N–H and O–H groups in total. The second kappa shape index (κ2) is 10.0. The molecule has 0 spiro atoms. The first-order valence-electron chi connectivity index (χ1n) is 9.52. The maximum Gasteiger partial charge on any atom is 0.335 e. The van der Waals surface area contributed by atoms with Crippen LogP contribution in [0.4, 0.5) is 5.69 Å². The Labute approximate surface area is 192 Å². The molecule has 1 amide bonds. The number of amides is 1. The predicted octanol–water partition coefficient (Wildman–Crippen LogP) is 5.18. The number of carbonyl (C=O) groups excluding carboxylic acids is 1. The molecule has 0 aliphatic carbocycles. The average molecular weight is 505 g/mol. The maximum atomic E-state index is 12.7. The van der Waals surface area contributed by atoms with E-state index in [-0.39, 0.29) is 11.5 Å². The third-order valence-electron chi connectivity index (χ3n) is 4.26. The van der Waals surface area contributed by atoms with Crippen molar-refractivity contribution in [3.8, 4) is 11.5 Å². The van der Waals surface area contributed by atoms with Gasteiger partial charge in [-0.1, -0.05) is 0 Å². The van der Waals surface area contributed by atoms with Crippen LogP contribution in [0.3, 0.4) is 0 Å². The Bertz CT molecular complexity index is 1070. The quantitative estimate of drug-likeness (QED) is 0.522. The molecule has 1 fully saturated rings. The Morgan fingerprint density at radius 2 is 1.87 bits per heavy atom. The number of aromatic carboxylic acids is 1. The zero-order valence-corrected chi connectivity index (χ0v) is 19.6. The van der Waals surface area contributed by atoms with E-state index in [4.69, 9.17) is 14.6 Å². The van der Waals surface area contributed by atoms with Crippen molar-refractivity contribution in [1.29, 1.82) is 0 Å².